The summed E-state index contributed by atoms with van der Waals surface area (Å²) in [5.74, 6) is 0.533. The Morgan fingerprint density at radius 3 is 2.80 bits per heavy atom. The summed E-state index contributed by atoms with van der Waals surface area (Å²) in [6, 6.07) is 8.13. The summed E-state index contributed by atoms with van der Waals surface area (Å²) >= 11 is 0. The number of aromatic amines is 1. The Morgan fingerprint density at radius 1 is 1.33 bits per heavy atom. The maximum Gasteiger partial charge on any atom is 0.0460 e. The second-order valence-electron chi connectivity index (χ2n) is 4.32. The maximum absolute atomic E-state index is 8.04. The molecule has 2 nitrogen and oxygen atoms in total. The summed E-state index contributed by atoms with van der Waals surface area (Å²) in [7, 11) is 0. The van der Waals surface area contributed by atoms with Crippen LogP contribution in [0.15, 0.2) is 30.5 Å². The number of rotatable bonds is 3. The highest BCUT2D eigenvalue weighted by Gasteiger charge is 2.09. The third-order valence-corrected chi connectivity index (χ3v) is 2.53. The van der Waals surface area contributed by atoms with Crippen LogP contribution in [0.1, 0.15) is 25.8 Å². The maximum atomic E-state index is 8.04. The highest BCUT2D eigenvalue weighted by atomic mass is 14.7. The van der Waals surface area contributed by atoms with E-state index in [9.17, 15) is 0 Å². The zero-order valence-electron chi connectivity index (χ0n) is 9.17. The lowest BCUT2D eigenvalue weighted by atomic mass is 10.0. The first-order chi connectivity index (χ1) is 7.18. The molecule has 0 unspecified atom stereocenters. The average molecular weight is 200 g/mol. The summed E-state index contributed by atoms with van der Waals surface area (Å²) in [4.78, 5) is 3.20. The van der Waals surface area contributed by atoms with Crippen molar-refractivity contribution in [3.8, 4) is 0 Å². The van der Waals surface area contributed by atoms with Crippen LogP contribution < -0.4 is 0 Å². The molecule has 1 heterocycles. The molecule has 0 aliphatic rings. The predicted molar refractivity (Wildman–Crippen MR) is 64.6 cm³/mol. The second kappa shape index (κ2) is 3.89. The first-order valence-corrected chi connectivity index (χ1v) is 5.32. The van der Waals surface area contributed by atoms with E-state index in [2.05, 4.69) is 24.9 Å². The molecule has 78 valence electrons. The number of aromatic nitrogens is 1. The highest BCUT2D eigenvalue weighted by molar-refractivity contribution is 6.09. The topological polar surface area (TPSA) is 39.6 Å². The van der Waals surface area contributed by atoms with E-state index in [4.69, 9.17) is 5.41 Å². The van der Waals surface area contributed by atoms with E-state index < -0.39 is 0 Å². The van der Waals surface area contributed by atoms with Gasteiger partial charge in [0.1, 0.15) is 0 Å². The van der Waals surface area contributed by atoms with Gasteiger partial charge in [0.15, 0.2) is 0 Å². The van der Waals surface area contributed by atoms with Crippen LogP contribution in [-0.4, -0.2) is 10.7 Å². The van der Waals surface area contributed by atoms with Crippen LogP contribution in [0, 0.1) is 11.3 Å². The second-order valence-corrected chi connectivity index (χ2v) is 4.32. The van der Waals surface area contributed by atoms with Crippen molar-refractivity contribution in [1.82, 2.24) is 4.98 Å². The van der Waals surface area contributed by atoms with Crippen LogP contribution >= 0.6 is 0 Å². The Hall–Kier alpha value is -1.57. The molecule has 1 aromatic carbocycles. The molecular formula is C13H16N2. The van der Waals surface area contributed by atoms with Gasteiger partial charge in [-0.3, -0.25) is 0 Å². The van der Waals surface area contributed by atoms with E-state index in [1.165, 1.54) is 0 Å². The monoisotopic (exact) mass is 200 g/mol. The Kier molecular flexibility index (Phi) is 2.58. The van der Waals surface area contributed by atoms with Gasteiger partial charge in [0, 0.05) is 28.4 Å². The summed E-state index contributed by atoms with van der Waals surface area (Å²) in [5.41, 5.74) is 2.88. The fourth-order valence-corrected chi connectivity index (χ4v) is 1.84. The Labute approximate surface area is 89.8 Å². The molecule has 0 aliphatic carbocycles. The normalized spacial score (nSPS) is 11.1. The van der Waals surface area contributed by atoms with Crippen molar-refractivity contribution >= 4 is 16.6 Å². The first kappa shape index (κ1) is 9.97. The largest absolute Gasteiger partial charge is 0.360 e. The van der Waals surface area contributed by atoms with E-state index in [0.29, 0.717) is 5.92 Å². The SMILES string of the molecule is CC(C)CC(=N)c1c[nH]c2ccccc12. The summed E-state index contributed by atoms with van der Waals surface area (Å²) in [6.07, 6.45) is 2.78. The third-order valence-electron chi connectivity index (χ3n) is 2.53. The molecule has 0 saturated carbocycles. The van der Waals surface area contributed by atoms with Crippen molar-refractivity contribution in [2.75, 3.05) is 0 Å². The van der Waals surface area contributed by atoms with Gasteiger partial charge in [-0.2, -0.15) is 0 Å². The lowest BCUT2D eigenvalue weighted by Crippen LogP contribution is -2.02. The first-order valence-electron chi connectivity index (χ1n) is 5.32. The number of benzene rings is 1. The molecule has 0 radical (unpaired) electrons. The number of fused-ring (bicyclic) bond motifs is 1. The Balaban J connectivity index is 2.40. The van der Waals surface area contributed by atoms with Crippen molar-refractivity contribution in [3.05, 3.63) is 36.0 Å². The summed E-state index contributed by atoms with van der Waals surface area (Å²) < 4.78 is 0. The molecule has 0 spiro atoms. The fraction of sp³-hybridized carbons (Fsp3) is 0.308. The predicted octanol–water partition coefficient (Wildman–Crippen LogP) is 3.58. The van der Waals surface area contributed by atoms with E-state index in [0.717, 1.165) is 28.6 Å². The molecule has 0 fully saturated rings. The van der Waals surface area contributed by atoms with Crippen molar-refractivity contribution in [2.45, 2.75) is 20.3 Å². The van der Waals surface area contributed by atoms with Crippen LogP contribution in [0.25, 0.3) is 10.9 Å². The van der Waals surface area contributed by atoms with Gasteiger partial charge in [-0.15, -0.1) is 0 Å². The third kappa shape index (κ3) is 1.94. The summed E-state index contributed by atoms with van der Waals surface area (Å²) in [5, 5.41) is 9.19. The van der Waals surface area contributed by atoms with Crippen LogP contribution in [0.3, 0.4) is 0 Å². The molecule has 0 saturated heterocycles. The highest BCUT2D eigenvalue weighted by Crippen LogP contribution is 2.20. The van der Waals surface area contributed by atoms with Crippen molar-refractivity contribution in [3.63, 3.8) is 0 Å². The summed E-state index contributed by atoms with van der Waals surface area (Å²) in [6.45, 7) is 4.28. The van der Waals surface area contributed by atoms with Crippen LogP contribution in [-0.2, 0) is 0 Å². The van der Waals surface area contributed by atoms with E-state index in [1.807, 2.05) is 24.4 Å². The van der Waals surface area contributed by atoms with Gasteiger partial charge in [-0.05, 0) is 18.4 Å². The lowest BCUT2D eigenvalue weighted by molar-refractivity contribution is 0.683. The van der Waals surface area contributed by atoms with Gasteiger partial charge in [0.25, 0.3) is 0 Å². The minimum atomic E-state index is 0.533. The van der Waals surface area contributed by atoms with Gasteiger partial charge in [-0.25, -0.2) is 0 Å². The van der Waals surface area contributed by atoms with E-state index in [1.54, 1.807) is 0 Å². The Bertz CT molecular complexity index is 480. The lowest BCUT2D eigenvalue weighted by Gasteiger charge is -2.05. The van der Waals surface area contributed by atoms with E-state index >= 15 is 0 Å². The zero-order valence-corrected chi connectivity index (χ0v) is 9.17. The smallest absolute Gasteiger partial charge is 0.0460 e. The number of hydrogen-bond acceptors (Lipinski definition) is 1. The van der Waals surface area contributed by atoms with Gasteiger partial charge < -0.3 is 10.4 Å². The minimum absolute atomic E-state index is 0.533. The molecule has 0 amide bonds. The van der Waals surface area contributed by atoms with Gasteiger partial charge >= 0.3 is 0 Å². The fourth-order valence-electron chi connectivity index (χ4n) is 1.84. The zero-order chi connectivity index (χ0) is 10.8. The molecule has 15 heavy (non-hydrogen) atoms. The van der Waals surface area contributed by atoms with Gasteiger partial charge in [0.05, 0.1) is 0 Å². The Morgan fingerprint density at radius 2 is 2.07 bits per heavy atom. The van der Waals surface area contributed by atoms with E-state index in [-0.39, 0.29) is 0 Å². The molecule has 0 aliphatic heterocycles. The quantitative estimate of drug-likeness (QED) is 0.711. The number of H-pyrrole nitrogens is 1. The van der Waals surface area contributed by atoms with Crippen LogP contribution in [0.4, 0.5) is 0 Å². The van der Waals surface area contributed by atoms with Crippen molar-refractivity contribution in [1.29, 1.82) is 5.41 Å². The molecule has 2 rings (SSSR count). The van der Waals surface area contributed by atoms with Crippen molar-refractivity contribution < 1.29 is 0 Å². The molecule has 1 aromatic heterocycles. The molecule has 0 atom stereocenters. The molecule has 0 bridgehead atoms. The number of nitrogens with one attached hydrogen (secondary N) is 2. The molecular weight excluding hydrogens is 184 g/mol. The number of hydrogen-bond donors (Lipinski definition) is 2. The van der Waals surface area contributed by atoms with Crippen LogP contribution in [0.5, 0.6) is 0 Å². The standard InChI is InChI=1S/C13H16N2/c1-9(2)7-12(14)11-8-15-13-6-4-3-5-10(11)13/h3-6,8-9,14-15H,7H2,1-2H3. The van der Waals surface area contributed by atoms with Gasteiger partial charge in [0.2, 0.25) is 0 Å². The van der Waals surface area contributed by atoms with Gasteiger partial charge in [-0.1, -0.05) is 32.0 Å². The van der Waals surface area contributed by atoms with Crippen LogP contribution in [0.2, 0.25) is 0 Å². The molecule has 2 aromatic rings. The minimum Gasteiger partial charge on any atom is -0.360 e. The average Bonchev–Trinajstić information content (AvgIpc) is 2.59. The molecule has 2 heteroatoms. The van der Waals surface area contributed by atoms with Crippen molar-refractivity contribution in [2.24, 2.45) is 5.92 Å². The number of para-hydroxylation sites is 1. The molecule has 2 N–H and O–H groups in total.